The predicted molar refractivity (Wildman–Crippen MR) is 138 cm³/mol. The van der Waals surface area contributed by atoms with Crippen molar-refractivity contribution in [2.45, 2.75) is 25.0 Å². The van der Waals surface area contributed by atoms with Crippen LogP contribution in [0.1, 0.15) is 12.8 Å². The van der Waals surface area contributed by atoms with Crippen LogP contribution in [0.3, 0.4) is 0 Å². The van der Waals surface area contributed by atoms with E-state index in [1.54, 1.807) is 35.1 Å². The first-order valence-corrected chi connectivity index (χ1v) is 11.9. The Hall–Kier alpha value is -4.11. The lowest BCUT2D eigenvalue weighted by Gasteiger charge is -2.41. The molecule has 2 atom stereocenters. The van der Waals surface area contributed by atoms with E-state index in [4.69, 9.17) is 4.74 Å². The van der Waals surface area contributed by atoms with Gasteiger partial charge in [-0.15, -0.1) is 0 Å². The van der Waals surface area contributed by atoms with Crippen LogP contribution in [0.25, 0.3) is 32.9 Å². The summed E-state index contributed by atoms with van der Waals surface area (Å²) in [5, 5.41) is 8.66. The largest absolute Gasteiger partial charge is 0.488 e. The third-order valence-electron chi connectivity index (χ3n) is 6.83. The molecule has 1 aliphatic carbocycles. The SMILES string of the molecule is CN(C)C1CC[C@H]1Oc1cc(-c2cnn(C)c2)cc2ncnc(Nc3ccc4ncccc4c3F)c12. The van der Waals surface area contributed by atoms with Crippen molar-refractivity contribution in [3.63, 3.8) is 0 Å². The third-order valence-corrected chi connectivity index (χ3v) is 6.83. The number of hydrogen-bond acceptors (Lipinski definition) is 7. The van der Waals surface area contributed by atoms with Gasteiger partial charge in [0.2, 0.25) is 0 Å². The van der Waals surface area contributed by atoms with Crippen LogP contribution in [0, 0.1) is 5.82 Å². The lowest BCUT2D eigenvalue weighted by molar-refractivity contribution is 0.0206. The fourth-order valence-corrected chi connectivity index (χ4v) is 4.76. The van der Waals surface area contributed by atoms with E-state index in [9.17, 15) is 0 Å². The van der Waals surface area contributed by atoms with Gasteiger partial charge >= 0.3 is 0 Å². The number of rotatable bonds is 6. The Morgan fingerprint density at radius 1 is 1.06 bits per heavy atom. The van der Waals surface area contributed by atoms with Crippen LogP contribution in [0.5, 0.6) is 5.75 Å². The molecule has 8 nitrogen and oxygen atoms in total. The Kier molecular flexibility index (Phi) is 5.49. The van der Waals surface area contributed by atoms with Gasteiger partial charge in [-0.05, 0) is 68.9 Å². The molecule has 5 aromatic rings. The maximum absolute atomic E-state index is 15.4. The zero-order chi connectivity index (χ0) is 24.8. The van der Waals surface area contributed by atoms with Gasteiger partial charge in [-0.25, -0.2) is 14.4 Å². The summed E-state index contributed by atoms with van der Waals surface area (Å²) < 4.78 is 23.7. The molecule has 1 aliphatic rings. The number of hydrogen-bond donors (Lipinski definition) is 1. The molecule has 1 N–H and O–H groups in total. The number of aryl methyl sites for hydroxylation is 1. The maximum atomic E-state index is 15.4. The number of benzene rings is 2. The van der Waals surface area contributed by atoms with E-state index >= 15 is 4.39 Å². The van der Waals surface area contributed by atoms with Gasteiger partial charge in [-0.2, -0.15) is 5.10 Å². The minimum Gasteiger partial charge on any atom is -0.488 e. The summed E-state index contributed by atoms with van der Waals surface area (Å²) in [7, 11) is 6.02. The fourth-order valence-electron chi connectivity index (χ4n) is 4.76. The minimum atomic E-state index is -0.381. The first-order chi connectivity index (χ1) is 17.5. The van der Waals surface area contributed by atoms with E-state index < -0.39 is 0 Å². The lowest BCUT2D eigenvalue weighted by atomic mass is 9.88. The van der Waals surface area contributed by atoms with E-state index in [2.05, 4.69) is 44.4 Å². The van der Waals surface area contributed by atoms with Crippen molar-refractivity contribution in [2.24, 2.45) is 7.05 Å². The van der Waals surface area contributed by atoms with Crippen LogP contribution < -0.4 is 10.1 Å². The van der Waals surface area contributed by atoms with Crippen molar-refractivity contribution in [3.05, 3.63) is 67.1 Å². The van der Waals surface area contributed by atoms with Gasteiger partial charge in [0.05, 0.1) is 28.3 Å². The molecule has 1 unspecified atom stereocenters. The number of ether oxygens (including phenoxy) is 1. The monoisotopic (exact) mass is 483 g/mol. The molecule has 3 heterocycles. The van der Waals surface area contributed by atoms with Crippen LogP contribution in [0.4, 0.5) is 15.9 Å². The number of nitrogens with zero attached hydrogens (tertiary/aromatic N) is 6. The molecule has 0 aliphatic heterocycles. The highest BCUT2D eigenvalue weighted by Gasteiger charge is 2.35. The van der Waals surface area contributed by atoms with E-state index in [1.165, 1.54) is 6.33 Å². The van der Waals surface area contributed by atoms with Crippen molar-refractivity contribution in [3.8, 4) is 16.9 Å². The summed E-state index contributed by atoms with van der Waals surface area (Å²) in [6.45, 7) is 0. The number of aromatic nitrogens is 5. The Labute approximate surface area is 207 Å². The van der Waals surface area contributed by atoms with Crippen molar-refractivity contribution in [1.82, 2.24) is 29.6 Å². The first-order valence-electron chi connectivity index (χ1n) is 11.9. The summed E-state index contributed by atoms with van der Waals surface area (Å²) in [5.74, 6) is 0.762. The van der Waals surface area contributed by atoms with Crippen molar-refractivity contribution in [1.29, 1.82) is 0 Å². The second-order valence-electron chi connectivity index (χ2n) is 9.38. The van der Waals surface area contributed by atoms with E-state index in [1.807, 2.05) is 31.6 Å². The highest BCUT2D eigenvalue weighted by atomic mass is 19.1. The minimum absolute atomic E-state index is 0.0453. The number of nitrogens with one attached hydrogen (secondary N) is 1. The summed E-state index contributed by atoms with van der Waals surface area (Å²) in [4.78, 5) is 15.5. The van der Waals surface area contributed by atoms with Gasteiger partial charge in [0.1, 0.15) is 24.0 Å². The lowest BCUT2D eigenvalue weighted by Crippen LogP contribution is -2.50. The highest BCUT2D eigenvalue weighted by molar-refractivity contribution is 5.99. The maximum Gasteiger partial charge on any atom is 0.156 e. The second-order valence-corrected chi connectivity index (χ2v) is 9.38. The highest BCUT2D eigenvalue weighted by Crippen LogP contribution is 2.39. The molecule has 1 fully saturated rings. The molecule has 0 spiro atoms. The van der Waals surface area contributed by atoms with Gasteiger partial charge < -0.3 is 15.0 Å². The van der Waals surface area contributed by atoms with Crippen LogP contribution in [0.2, 0.25) is 0 Å². The molecule has 0 radical (unpaired) electrons. The summed E-state index contributed by atoms with van der Waals surface area (Å²) in [6.07, 6.45) is 8.99. The molecular formula is C27H26FN7O. The molecule has 1 saturated carbocycles. The van der Waals surface area contributed by atoms with E-state index in [0.717, 1.165) is 24.0 Å². The quantitative estimate of drug-likeness (QED) is 0.367. The number of pyridine rings is 1. The van der Waals surface area contributed by atoms with Crippen LogP contribution in [0.15, 0.2) is 61.3 Å². The Morgan fingerprint density at radius 2 is 1.94 bits per heavy atom. The van der Waals surface area contributed by atoms with Gasteiger partial charge in [0.15, 0.2) is 5.82 Å². The Morgan fingerprint density at radius 3 is 2.69 bits per heavy atom. The number of halogens is 1. The topological polar surface area (TPSA) is 81.0 Å². The van der Waals surface area contributed by atoms with E-state index in [0.29, 0.717) is 45.1 Å². The molecule has 182 valence electrons. The summed E-state index contributed by atoms with van der Waals surface area (Å²) >= 11 is 0. The molecule has 0 amide bonds. The van der Waals surface area contributed by atoms with Gasteiger partial charge in [-0.3, -0.25) is 9.67 Å². The smallest absolute Gasteiger partial charge is 0.156 e. The average molecular weight is 484 g/mol. The Balaban J connectivity index is 1.47. The molecule has 36 heavy (non-hydrogen) atoms. The molecular weight excluding hydrogens is 457 g/mol. The normalized spacial score (nSPS) is 17.5. The standard InChI is InChI=1S/C27H26FN7O/c1-34(2)22-8-9-23(22)36-24-12-16(17-13-32-35(3)14-17)11-21-25(24)27(31-15-30-21)33-20-7-6-19-18(26(20)28)5-4-10-29-19/h4-7,10-15,22-23H,8-9H2,1-3H3,(H,30,31,33)/t22?,23-/m1/s1. The van der Waals surface area contributed by atoms with Gasteiger partial charge in [-0.1, -0.05) is 0 Å². The van der Waals surface area contributed by atoms with Crippen LogP contribution in [-0.2, 0) is 7.05 Å². The number of fused-ring (bicyclic) bond motifs is 2. The molecule has 6 rings (SSSR count). The third kappa shape index (κ3) is 3.91. The molecule has 2 aromatic carbocycles. The molecule has 3 aromatic heterocycles. The zero-order valence-corrected chi connectivity index (χ0v) is 20.3. The summed E-state index contributed by atoms with van der Waals surface area (Å²) in [5.41, 5.74) is 3.51. The number of anilines is 2. The Bertz CT molecular complexity index is 1580. The van der Waals surface area contributed by atoms with Crippen molar-refractivity contribution >= 4 is 33.3 Å². The summed E-state index contributed by atoms with van der Waals surface area (Å²) in [6, 6.07) is 11.2. The predicted octanol–water partition coefficient (Wildman–Crippen LogP) is 4.93. The molecule has 0 bridgehead atoms. The van der Waals surface area contributed by atoms with Crippen LogP contribution >= 0.6 is 0 Å². The fraction of sp³-hybridized carbons (Fsp3) is 0.259. The van der Waals surface area contributed by atoms with Crippen molar-refractivity contribution in [2.75, 3.05) is 19.4 Å². The first kappa shape index (κ1) is 22.4. The average Bonchev–Trinajstić information content (AvgIpc) is 3.29. The molecule has 9 heteroatoms. The number of likely N-dealkylation sites (N-methyl/N-ethyl adjacent to an activating group) is 1. The van der Waals surface area contributed by atoms with Gasteiger partial charge in [0, 0.05) is 36.4 Å². The van der Waals surface area contributed by atoms with Gasteiger partial charge in [0.25, 0.3) is 0 Å². The van der Waals surface area contributed by atoms with Crippen molar-refractivity contribution < 1.29 is 9.13 Å². The van der Waals surface area contributed by atoms with E-state index in [-0.39, 0.29) is 11.9 Å². The second kappa shape index (κ2) is 8.83. The molecule has 0 saturated heterocycles. The van der Waals surface area contributed by atoms with Crippen LogP contribution in [-0.4, -0.2) is 55.9 Å². The zero-order valence-electron chi connectivity index (χ0n) is 20.3.